The van der Waals surface area contributed by atoms with Crippen molar-refractivity contribution in [3.05, 3.63) is 34.9 Å². The summed E-state index contributed by atoms with van der Waals surface area (Å²) < 4.78 is 0. The van der Waals surface area contributed by atoms with Gasteiger partial charge < -0.3 is 10.2 Å². The molecule has 2 aliphatic heterocycles. The zero-order chi connectivity index (χ0) is 13.4. The molecule has 2 unspecified atom stereocenters. The van der Waals surface area contributed by atoms with Crippen LogP contribution in [0.3, 0.4) is 0 Å². The molecule has 0 saturated carbocycles. The lowest BCUT2D eigenvalue weighted by Crippen LogP contribution is -2.41. The van der Waals surface area contributed by atoms with Crippen molar-refractivity contribution in [2.45, 2.75) is 32.7 Å². The van der Waals surface area contributed by atoms with Gasteiger partial charge in [-0.15, -0.1) is 0 Å². The van der Waals surface area contributed by atoms with E-state index in [2.05, 4.69) is 18.3 Å². The summed E-state index contributed by atoms with van der Waals surface area (Å²) in [5.41, 5.74) is 3.17. The standard InChI is InChI=1S/C16H22N2O/c1-11-5-6-14(12(2)8-11)16(19)18-9-13-4-3-7-17-15(13)10-18/h5-6,8,13,15,17H,3-4,7,9-10H2,1-2H3. The van der Waals surface area contributed by atoms with E-state index in [4.69, 9.17) is 0 Å². The van der Waals surface area contributed by atoms with Crippen LogP contribution in [0.2, 0.25) is 0 Å². The van der Waals surface area contributed by atoms with Crippen LogP contribution < -0.4 is 5.32 Å². The van der Waals surface area contributed by atoms with Crippen molar-refractivity contribution in [2.75, 3.05) is 19.6 Å². The van der Waals surface area contributed by atoms with E-state index < -0.39 is 0 Å². The predicted octanol–water partition coefficient (Wildman–Crippen LogP) is 2.13. The fourth-order valence-corrected chi connectivity index (χ4v) is 3.44. The molecule has 1 aromatic carbocycles. The monoisotopic (exact) mass is 258 g/mol. The third-order valence-corrected chi connectivity index (χ3v) is 4.50. The molecule has 0 bridgehead atoms. The summed E-state index contributed by atoms with van der Waals surface area (Å²) in [4.78, 5) is 14.7. The number of nitrogens with one attached hydrogen (secondary N) is 1. The highest BCUT2D eigenvalue weighted by molar-refractivity contribution is 5.96. The Morgan fingerprint density at radius 2 is 2.16 bits per heavy atom. The maximum Gasteiger partial charge on any atom is 0.254 e. The summed E-state index contributed by atoms with van der Waals surface area (Å²) in [6, 6.07) is 6.61. The van der Waals surface area contributed by atoms with Gasteiger partial charge >= 0.3 is 0 Å². The van der Waals surface area contributed by atoms with Gasteiger partial charge in [0.25, 0.3) is 5.91 Å². The van der Waals surface area contributed by atoms with E-state index in [-0.39, 0.29) is 5.91 Å². The molecule has 2 fully saturated rings. The number of carbonyl (C=O) groups is 1. The minimum absolute atomic E-state index is 0.203. The van der Waals surface area contributed by atoms with Gasteiger partial charge in [-0.2, -0.15) is 0 Å². The first-order valence-corrected chi connectivity index (χ1v) is 7.25. The minimum atomic E-state index is 0.203. The van der Waals surface area contributed by atoms with Crippen LogP contribution in [0.5, 0.6) is 0 Å². The molecule has 1 N–H and O–H groups in total. The minimum Gasteiger partial charge on any atom is -0.337 e. The van der Waals surface area contributed by atoms with E-state index in [1.165, 1.54) is 18.4 Å². The first-order valence-electron chi connectivity index (χ1n) is 7.25. The number of piperidine rings is 1. The number of fused-ring (bicyclic) bond motifs is 1. The molecule has 0 aliphatic carbocycles. The molecule has 0 spiro atoms. The van der Waals surface area contributed by atoms with Crippen molar-refractivity contribution in [3.63, 3.8) is 0 Å². The highest BCUT2D eigenvalue weighted by atomic mass is 16.2. The second kappa shape index (κ2) is 4.97. The van der Waals surface area contributed by atoms with E-state index >= 15 is 0 Å². The van der Waals surface area contributed by atoms with Crippen molar-refractivity contribution < 1.29 is 4.79 Å². The zero-order valence-electron chi connectivity index (χ0n) is 11.8. The van der Waals surface area contributed by atoms with E-state index in [1.54, 1.807) is 0 Å². The van der Waals surface area contributed by atoms with Crippen LogP contribution in [0.4, 0.5) is 0 Å². The van der Waals surface area contributed by atoms with E-state index in [0.717, 1.165) is 30.8 Å². The van der Waals surface area contributed by atoms with E-state index in [0.29, 0.717) is 12.0 Å². The van der Waals surface area contributed by atoms with Gasteiger partial charge in [0.2, 0.25) is 0 Å². The predicted molar refractivity (Wildman–Crippen MR) is 76.3 cm³/mol. The van der Waals surface area contributed by atoms with Crippen molar-refractivity contribution in [2.24, 2.45) is 5.92 Å². The Morgan fingerprint density at radius 3 is 2.89 bits per heavy atom. The lowest BCUT2D eigenvalue weighted by Gasteiger charge is -2.24. The summed E-state index contributed by atoms with van der Waals surface area (Å²) in [7, 11) is 0. The average Bonchev–Trinajstić information content (AvgIpc) is 2.81. The molecule has 3 heteroatoms. The number of rotatable bonds is 1. The van der Waals surface area contributed by atoms with Crippen LogP contribution in [0, 0.1) is 19.8 Å². The summed E-state index contributed by atoms with van der Waals surface area (Å²) in [6.45, 7) is 6.99. The Kier molecular flexibility index (Phi) is 3.31. The Hall–Kier alpha value is -1.35. The van der Waals surface area contributed by atoms with Gasteiger partial charge in [-0.05, 0) is 50.8 Å². The number of hydrogen-bond donors (Lipinski definition) is 1. The summed E-state index contributed by atoms with van der Waals surface area (Å²) in [5.74, 6) is 0.858. The topological polar surface area (TPSA) is 32.3 Å². The van der Waals surface area contributed by atoms with Gasteiger partial charge in [-0.25, -0.2) is 0 Å². The molecule has 2 saturated heterocycles. The molecule has 102 valence electrons. The number of nitrogens with zero attached hydrogens (tertiary/aromatic N) is 1. The fourth-order valence-electron chi connectivity index (χ4n) is 3.44. The van der Waals surface area contributed by atoms with Gasteiger partial charge in [-0.1, -0.05) is 17.7 Å². The van der Waals surface area contributed by atoms with Crippen LogP contribution in [-0.4, -0.2) is 36.5 Å². The molecule has 0 radical (unpaired) electrons. The van der Waals surface area contributed by atoms with Gasteiger partial charge in [0.1, 0.15) is 0 Å². The number of amides is 1. The van der Waals surface area contributed by atoms with Gasteiger partial charge in [0, 0.05) is 24.7 Å². The Bertz CT molecular complexity index is 484. The maximum absolute atomic E-state index is 12.6. The summed E-state index contributed by atoms with van der Waals surface area (Å²) in [5, 5.41) is 3.55. The number of benzene rings is 1. The zero-order valence-corrected chi connectivity index (χ0v) is 11.8. The normalized spacial score (nSPS) is 26.3. The molecule has 3 rings (SSSR count). The Labute approximate surface area is 115 Å². The van der Waals surface area contributed by atoms with Crippen molar-refractivity contribution >= 4 is 5.91 Å². The van der Waals surface area contributed by atoms with E-state index in [1.807, 2.05) is 24.0 Å². The molecular formula is C16H22N2O. The molecule has 2 atom stereocenters. The van der Waals surface area contributed by atoms with Gasteiger partial charge in [0.05, 0.1) is 0 Å². The third-order valence-electron chi connectivity index (χ3n) is 4.50. The second-order valence-electron chi connectivity index (χ2n) is 5.99. The molecule has 2 heterocycles. The van der Waals surface area contributed by atoms with Crippen LogP contribution in [0.1, 0.15) is 34.3 Å². The first kappa shape index (κ1) is 12.7. The molecule has 19 heavy (non-hydrogen) atoms. The average molecular weight is 258 g/mol. The fraction of sp³-hybridized carbons (Fsp3) is 0.562. The maximum atomic E-state index is 12.6. The number of hydrogen-bond acceptors (Lipinski definition) is 2. The molecule has 0 aromatic heterocycles. The van der Waals surface area contributed by atoms with Crippen molar-refractivity contribution in [1.82, 2.24) is 10.2 Å². The third kappa shape index (κ3) is 2.39. The van der Waals surface area contributed by atoms with Crippen LogP contribution in [0.25, 0.3) is 0 Å². The quantitative estimate of drug-likeness (QED) is 0.837. The smallest absolute Gasteiger partial charge is 0.254 e. The van der Waals surface area contributed by atoms with E-state index in [9.17, 15) is 4.79 Å². The molecule has 2 aliphatic rings. The lowest BCUT2D eigenvalue weighted by molar-refractivity contribution is 0.0785. The SMILES string of the molecule is Cc1ccc(C(=O)N2CC3CCCNC3C2)c(C)c1. The highest BCUT2D eigenvalue weighted by Gasteiger charge is 2.36. The number of likely N-dealkylation sites (tertiary alicyclic amines) is 1. The number of aryl methyl sites for hydroxylation is 2. The molecule has 1 amide bonds. The van der Waals surface area contributed by atoms with Crippen LogP contribution >= 0.6 is 0 Å². The highest BCUT2D eigenvalue weighted by Crippen LogP contribution is 2.26. The molecule has 3 nitrogen and oxygen atoms in total. The second-order valence-corrected chi connectivity index (χ2v) is 5.99. The summed E-state index contributed by atoms with van der Waals surface area (Å²) >= 11 is 0. The molecule has 1 aromatic rings. The van der Waals surface area contributed by atoms with Crippen molar-refractivity contribution in [1.29, 1.82) is 0 Å². The summed E-state index contributed by atoms with van der Waals surface area (Å²) in [6.07, 6.45) is 2.50. The van der Waals surface area contributed by atoms with Gasteiger partial charge in [0.15, 0.2) is 0 Å². The van der Waals surface area contributed by atoms with Crippen LogP contribution in [-0.2, 0) is 0 Å². The van der Waals surface area contributed by atoms with Crippen molar-refractivity contribution in [3.8, 4) is 0 Å². The Morgan fingerprint density at radius 1 is 1.32 bits per heavy atom. The van der Waals surface area contributed by atoms with Gasteiger partial charge in [-0.3, -0.25) is 4.79 Å². The first-order chi connectivity index (χ1) is 9.15. The lowest BCUT2D eigenvalue weighted by atomic mass is 9.94. The largest absolute Gasteiger partial charge is 0.337 e. The number of carbonyl (C=O) groups excluding carboxylic acids is 1. The Balaban J connectivity index is 1.77. The molecular weight excluding hydrogens is 236 g/mol. The van der Waals surface area contributed by atoms with Crippen LogP contribution in [0.15, 0.2) is 18.2 Å².